The van der Waals surface area contributed by atoms with Crippen molar-refractivity contribution in [2.45, 2.75) is 52.1 Å². The Labute approximate surface area is 113 Å². The fraction of sp³-hybridized carbons (Fsp3) is 0.667. The highest BCUT2D eigenvalue weighted by atomic mass is 16.5. The molecule has 1 aromatic heterocycles. The van der Waals surface area contributed by atoms with E-state index in [9.17, 15) is 4.79 Å². The van der Waals surface area contributed by atoms with Crippen molar-refractivity contribution < 1.29 is 19.1 Å². The van der Waals surface area contributed by atoms with Crippen LogP contribution in [0.4, 0.5) is 0 Å². The van der Waals surface area contributed by atoms with Crippen molar-refractivity contribution in [3.05, 3.63) is 23.2 Å². The fourth-order valence-electron chi connectivity index (χ4n) is 2.69. The van der Waals surface area contributed by atoms with E-state index in [1.165, 1.54) is 38.5 Å². The van der Waals surface area contributed by atoms with Gasteiger partial charge in [0.05, 0.1) is 0 Å². The molecule has 4 heteroatoms. The van der Waals surface area contributed by atoms with E-state index in [1.807, 2.05) is 0 Å². The molecule has 1 fully saturated rings. The van der Waals surface area contributed by atoms with Gasteiger partial charge in [-0.25, -0.2) is 4.79 Å². The van der Waals surface area contributed by atoms with E-state index in [-0.39, 0.29) is 5.76 Å². The minimum Gasteiger partial charge on any atom is -0.475 e. The topological polar surface area (TPSA) is 59.7 Å². The van der Waals surface area contributed by atoms with E-state index in [0.29, 0.717) is 23.8 Å². The fourth-order valence-corrected chi connectivity index (χ4v) is 2.69. The van der Waals surface area contributed by atoms with Crippen LogP contribution in [-0.2, 0) is 11.3 Å². The van der Waals surface area contributed by atoms with Crippen LogP contribution in [-0.4, -0.2) is 17.7 Å². The van der Waals surface area contributed by atoms with Gasteiger partial charge >= 0.3 is 5.97 Å². The number of carbonyl (C=O) groups is 1. The second-order valence-corrected chi connectivity index (χ2v) is 5.40. The zero-order valence-corrected chi connectivity index (χ0v) is 11.5. The molecule has 1 aromatic rings. The molecule has 0 saturated heterocycles. The van der Waals surface area contributed by atoms with E-state index in [2.05, 4.69) is 0 Å². The number of furan rings is 1. The van der Waals surface area contributed by atoms with Crippen molar-refractivity contribution in [3.63, 3.8) is 0 Å². The first kappa shape index (κ1) is 14.1. The normalized spacial score (nSPS) is 17.3. The average molecular weight is 266 g/mol. The van der Waals surface area contributed by atoms with E-state index in [4.69, 9.17) is 14.3 Å². The van der Waals surface area contributed by atoms with Crippen LogP contribution in [0.2, 0.25) is 0 Å². The zero-order chi connectivity index (χ0) is 13.7. The maximum atomic E-state index is 10.9. The van der Waals surface area contributed by atoms with E-state index in [0.717, 1.165) is 6.61 Å². The van der Waals surface area contributed by atoms with Gasteiger partial charge in [0.25, 0.3) is 0 Å². The Morgan fingerprint density at radius 3 is 2.63 bits per heavy atom. The summed E-state index contributed by atoms with van der Waals surface area (Å²) in [6, 6.07) is 1.75. The first-order chi connectivity index (χ1) is 9.16. The number of rotatable bonds is 5. The van der Waals surface area contributed by atoms with Crippen molar-refractivity contribution in [1.29, 1.82) is 0 Å². The van der Waals surface area contributed by atoms with E-state index >= 15 is 0 Å². The van der Waals surface area contributed by atoms with Gasteiger partial charge < -0.3 is 14.3 Å². The predicted molar refractivity (Wildman–Crippen MR) is 71.3 cm³/mol. The van der Waals surface area contributed by atoms with Crippen molar-refractivity contribution in [2.75, 3.05) is 6.61 Å². The van der Waals surface area contributed by atoms with Crippen LogP contribution in [0.25, 0.3) is 0 Å². The Hall–Kier alpha value is -1.29. The largest absolute Gasteiger partial charge is 0.475 e. The highest BCUT2D eigenvalue weighted by molar-refractivity contribution is 5.86. The first-order valence-corrected chi connectivity index (χ1v) is 7.07. The minimum absolute atomic E-state index is 0.0214. The molecule has 0 aliphatic heterocycles. The standard InChI is InChI=1S/C15H22O4/c1-11-8-13(19-14(11)15(16)17)10-18-9-12-6-4-2-3-5-7-12/h8,12H,2-7,9-10H2,1H3,(H,16,17). The summed E-state index contributed by atoms with van der Waals surface area (Å²) in [6.45, 7) is 2.86. The summed E-state index contributed by atoms with van der Waals surface area (Å²) in [4.78, 5) is 10.9. The molecule has 0 atom stereocenters. The Bertz CT molecular complexity index is 414. The molecule has 1 heterocycles. The maximum Gasteiger partial charge on any atom is 0.372 e. The van der Waals surface area contributed by atoms with Crippen LogP contribution in [0.5, 0.6) is 0 Å². The molecule has 2 rings (SSSR count). The lowest BCUT2D eigenvalue weighted by Gasteiger charge is -2.13. The second-order valence-electron chi connectivity index (χ2n) is 5.40. The molecule has 0 radical (unpaired) electrons. The molecule has 0 aromatic carbocycles. The van der Waals surface area contributed by atoms with Crippen LogP contribution in [0.3, 0.4) is 0 Å². The molecule has 0 bridgehead atoms. The summed E-state index contributed by atoms with van der Waals surface area (Å²) >= 11 is 0. The van der Waals surface area contributed by atoms with Gasteiger partial charge in [-0.1, -0.05) is 25.7 Å². The molecule has 0 amide bonds. The Morgan fingerprint density at radius 1 is 1.37 bits per heavy atom. The summed E-state index contributed by atoms with van der Waals surface area (Å²) in [5.74, 6) is 0.251. The van der Waals surface area contributed by atoms with Crippen molar-refractivity contribution in [3.8, 4) is 0 Å². The van der Waals surface area contributed by atoms with Crippen LogP contribution in [0, 0.1) is 12.8 Å². The van der Waals surface area contributed by atoms with Gasteiger partial charge in [0.1, 0.15) is 12.4 Å². The maximum absolute atomic E-state index is 10.9. The number of aromatic carboxylic acids is 1. The Morgan fingerprint density at radius 2 is 2.05 bits per heavy atom. The van der Waals surface area contributed by atoms with Crippen LogP contribution in [0.1, 0.15) is 60.4 Å². The summed E-state index contributed by atoms with van der Waals surface area (Å²) in [5, 5.41) is 8.90. The molecule has 1 aliphatic carbocycles. The zero-order valence-electron chi connectivity index (χ0n) is 11.5. The minimum atomic E-state index is -1.02. The number of carboxylic acids is 1. The summed E-state index contributed by atoms with van der Waals surface area (Å²) in [7, 11) is 0. The average Bonchev–Trinajstić information content (AvgIpc) is 2.59. The molecule has 106 valence electrons. The van der Waals surface area contributed by atoms with E-state index < -0.39 is 5.97 Å². The summed E-state index contributed by atoms with van der Waals surface area (Å²) in [5.41, 5.74) is 0.653. The molecule has 1 N–H and O–H groups in total. The quantitative estimate of drug-likeness (QED) is 0.824. The van der Waals surface area contributed by atoms with Crippen LogP contribution < -0.4 is 0 Å². The Balaban J connectivity index is 1.78. The second kappa shape index (κ2) is 6.75. The summed E-state index contributed by atoms with van der Waals surface area (Å²) in [6.07, 6.45) is 7.79. The van der Waals surface area contributed by atoms with Gasteiger partial charge in [-0.05, 0) is 31.7 Å². The third kappa shape index (κ3) is 4.10. The third-order valence-electron chi connectivity index (χ3n) is 3.74. The lowest BCUT2D eigenvalue weighted by Crippen LogP contribution is -2.08. The van der Waals surface area contributed by atoms with Gasteiger partial charge in [-0.15, -0.1) is 0 Å². The van der Waals surface area contributed by atoms with Crippen molar-refractivity contribution in [2.24, 2.45) is 5.92 Å². The lowest BCUT2D eigenvalue weighted by molar-refractivity contribution is 0.0609. The van der Waals surface area contributed by atoms with Crippen LogP contribution >= 0.6 is 0 Å². The van der Waals surface area contributed by atoms with E-state index in [1.54, 1.807) is 13.0 Å². The van der Waals surface area contributed by atoms with Crippen molar-refractivity contribution >= 4 is 5.97 Å². The third-order valence-corrected chi connectivity index (χ3v) is 3.74. The van der Waals surface area contributed by atoms with Gasteiger partial charge in [-0.2, -0.15) is 0 Å². The predicted octanol–water partition coefficient (Wildman–Crippen LogP) is 3.77. The first-order valence-electron chi connectivity index (χ1n) is 7.07. The smallest absolute Gasteiger partial charge is 0.372 e. The van der Waals surface area contributed by atoms with Gasteiger partial charge in [0.2, 0.25) is 5.76 Å². The SMILES string of the molecule is Cc1cc(COCC2CCCCCC2)oc1C(=O)O. The van der Waals surface area contributed by atoms with Gasteiger partial charge in [0, 0.05) is 12.2 Å². The van der Waals surface area contributed by atoms with Crippen molar-refractivity contribution in [1.82, 2.24) is 0 Å². The monoisotopic (exact) mass is 266 g/mol. The number of hydrogen-bond acceptors (Lipinski definition) is 3. The molecule has 4 nitrogen and oxygen atoms in total. The molecule has 1 aliphatic rings. The van der Waals surface area contributed by atoms with Gasteiger partial charge in [0.15, 0.2) is 0 Å². The molecule has 1 saturated carbocycles. The highest BCUT2D eigenvalue weighted by Crippen LogP contribution is 2.23. The lowest BCUT2D eigenvalue weighted by atomic mass is 10.0. The number of carboxylic acid groups (broad SMARTS) is 1. The molecule has 0 unspecified atom stereocenters. The molecule has 19 heavy (non-hydrogen) atoms. The van der Waals surface area contributed by atoms with Gasteiger partial charge in [-0.3, -0.25) is 0 Å². The number of hydrogen-bond donors (Lipinski definition) is 1. The molecule has 0 spiro atoms. The Kier molecular flexibility index (Phi) is 5.02. The molecular weight excluding hydrogens is 244 g/mol. The number of aryl methyl sites for hydroxylation is 1. The summed E-state index contributed by atoms with van der Waals surface area (Å²) < 4.78 is 10.9. The van der Waals surface area contributed by atoms with Crippen LogP contribution in [0.15, 0.2) is 10.5 Å². The molecular formula is C15H22O4. The number of ether oxygens (including phenoxy) is 1. The highest BCUT2D eigenvalue weighted by Gasteiger charge is 2.16.